The molecule has 108 valence electrons. The highest BCUT2D eigenvalue weighted by Crippen LogP contribution is 2.03. The number of carboxylic acids is 1. The summed E-state index contributed by atoms with van der Waals surface area (Å²) in [4.78, 5) is 12.1. The number of carbonyl (C=O) groups is 1. The minimum atomic E-state index is -0.929. The number of hydrogen-bond donors (Lipinski definition) is 2. The molecule has 0 aromatic heterocycles. The van der Waals surface area contributed by atoms with Crippen molar-refractivity contribution in [3.8, 4) is 0 Å². The zero-order valence-electron chi connectivity index (χ0n) is 11.7. The number of hydrogen-bond acceptors (Lipinski definition) is 3. The number of benzene rings is 1. The maximum absolute atomic E-state index is 10.3. The van der Waals surface area contributed by atoms with Crippen molar-refractivity contribution in [1.82, 2.24) is 4.90 Å². The molecule has 0 fully saturated rings. The second kappa shape index (κ2) is 10.6. The Morgan fingerprint density at radius 1 is 1.37 bits per heavy atom. The molecule has 0 heterocycles. The summed E-state index contributed by atoms with van der Waals surface area (Å²) in [6.07, 6.45) is 0. The van der Waals surface area contributed by atoms with E-state index < -0.39 is 5.97 Å². The van der Waals surface area contributed by atoms with Crippen LogP contribution in [0.1, 0.15) is 12.5 Å². The van der Waals surface area contributed by atoms with Crippen molar-refractivity contribution in [2.75, 3.05) is 14.1 Å². The molecule has 1 rings (SSSR count). The van der Waals surface area contributed by atoms with Crippen LogP contribution in [-0.4, -0.2) is 36.1 Å². The molecule has 0 bridgehead atoms. The van der Waals surface area contributed by atoms with E-state index in [1.165, 1.54) is 5.56 Å². The number of nitrogens with zero attached hydrogens (tertiary/aromatic N) is 1. The molecule has 0 saturated heterocycles. The van der Waals surface area contributed by atoms with Crippen LogP contribution < -0.4 is 5.73 Å². The van der Waals surface area contributed by atoms with Gasteiger partial charge in [-0.15, -0.1) is 12.4 Å². The third-order valence-corrected chi connectivity index (χ3v) is 2.63. The Balaban J connectivity index is 0. The lowest BCUT2D eigenvalue weighted by Crippen LogP contribution is -2.29. The van der Waals surface area contributed by atoms with Crippen molar-refractivity contribution < 1.29 is 9.90 Å². The van der Waals surface area contributed by atoms with Gasteiger partial charge in [-0.3, -0.25) is 0 Å². The Kier molecular flexibility index (Phi) is 11.1. The molecule has 0 aliphatic carbocycles. The average Bonchev–Trinajstić information content (AvgIpc) is 2.38. The molecule has 19 heavy (non-hydrogen) atoms. The van der Waals surface area contributed by atoms with Gasteiger partial charge in [0.15, 0.2) is 0 Å². The van der Waals surface area contributed by atoms with Gasteiger partial charge in [-0.25, -0.2) is 4.79 Å². The van der Waals surface area contributed by atoms with E-state index in [1.54, 1.807) is 11.8 Å². The van der Waals surface area contributed by atoms with E-state index in [9.17, 15) is 4.79 Å². The Morgan fingerprint density at radius 2 is 1.84 bits per heavy atom. The van der Waals surface area contributed by atoms with Crippen molar-refractivity contribution >= 4 is 18.4 Å². The van der Waals surface area contributed by atoms with Gasteiger partial charge in [0, 0.05) is 18.2 Å². The zero-order valence-corrected chi connectivity index (χ0v) is 12.5. The fourth-order valence-electron chi connectivity index (χ4n) is 1.10. The summed E-state index contributed by atoms with van der Waals surface area (Å²) in [5.74, 6) is -0.929. The van der Waals surface area contributed by atoms with Crippen molar-refractivity contribution in [1.29, 1.82) is 0 Å². The summed E-state index contributed by atoms with van der Waals surface area (Å²) < 4.78 is 0. The highest BCUT2D eigenvalue weighted by Gasteiger charge is 2.14. The molecule has 1 atom stereocenters. The molecule has 0 amide bonds. The molecule has 0 aliphatic heterocycles. The van der Waals surface area contributed by atoms with Gasteiger partial charge < -0.3 is 15.7 Å². The highest BCUT2D eigenvalue weighted by atomic mass is 35.5. The second-order valence-electron chi connectivity index (χ2n) is 4.16. The molecule has 0 radical (unpaired) electrons. The van der Waals surface area contributed by atoms with Gasteiger partial charge in [0.2, 0.25) is 0 Å². The smallest absolute Gasteiger partial charge is 0.332 e. The first-order chi connectivity index (χ1) is 8.40. The second-order valence-corrected chi connectivity index (χ2v) is 4.16. The van der Waals surface area contributed by atoms with Crippen LogP contribution in [0.2, 0.25) is 0 Å². The van der Waals surface area contributed by atoms with E-state index >= 15 is 0 Å². The maximum atomic E-state index is 10.3. The highest BCUT2D eigenvalue weighted by molar-refractivity contribution is 5.87. The molecule has 1 aromatic rings. The van der Waals surface area contributed by atoms with Gasteiger partial charge in [0.05, 0.1) is 0 Å². The van der Waals surface area contributed by atoms with E-state index in [0.717, 1.165) is 0 Å². The summed E-state index contributed by atoms with van der Waals surface area (Å²) in [7, 11) is 3.64. The number of carboxylic acid groups (broad SMARTS) is 1. The van der Waals surface area contributed by atoms with Crippen LogP contribution in [0.15, 0.2) is 42.5 Å². The molecular weight excluding hydrogens is 264 g/mol. The van der Waals surface area contributed by atoms with E-state index in [0.29, 0.717) is 6.54 Å². The van der Waals surface area contributed by atoms with Crippen LogP contribution in [0, 0.1) is 0 Å². The summed E-state index contributed by atoms with van der Waals surface area (Å²) >= 11 is 0. The van der Waals surface area contributed by atoms with Crippen molar-refractivity contribution in [2.24, 2.45) is 5.73 Å². The number of likely N-dealkylation sites (N-methyl/N-ethyl adjacent to an activating group) is 1. The molecule has 5 heteroatoms. The van der Waals surface area contributed by atoms with Crippen LogP contribution >= 0.6 is 12.4 Å². The third-order valence-electron chi connectivity index (χ3n) is 2.63. The van der Waals surface area contributed by atoms with Gasteiger partial charge in [0.25, 0.3) is 0 Å². The standard InChI is InChI=1S/C7H13NO2.C7H9N.ClH/c1-5(7(9)10)6(2)8(3)4;8-6-7-4-2-1-3-5-7;/h6H,1H2,2-4H3,(H,9,10);1-5H,6,8H2;1H. The summed E-state index contributed by atoms with van der Waals surface area (Å²) in [5, 5.41) is 8.48. The first-order valence-corrected chi connectivity index (χ1v) is 5.72. The minimum Gasteiger partial charge on any atom is -0.478 e. The molecule has 3 N–H and O–H groups in total. The number of aliphatic carboxylic acids is 1. The monoisotopic (exact) mass is 286 g/mol. The van der Waals surface area contributed by atoms with Crippen LogP contribution in [0.4, 0.5) is 0 Å². The van der Waals surface area contributed by atoms with Crippen LogP contribution in [0.3, 0.4) is 0 Å². The Hall–Kier alpha value is -1.36. The van der Waals surface area contributed by atoms with Crippen molar-refractivity contribution in [3.63, 3.8) is 0 Å². The van der Waals surface area contributed by atoms with E-state index in [-0.39, 0.29) is 24.0 Å². The first-order valence-electron chi connectivity index (χ1n) is 5.72. The van der Waals surface area contributed by atoms with Gasteiger partial charge in [0.1, 0.15) is 0 Å². The number of nitrogens with two attached hydrogens (primary N) is 1. The topological polar surface area (TPSA) is 66.6 Å². The fourth-order valence-corrected chi connectivity index (χ4v) is 1.10. The largest absolute Gasteiger partial charge is 0.478 e. The van der Waals surface area contributed by atoms with Crippen LogP contribution in [0.5, 0.6) is 0 Å². The fraction of sp³-hybridized carbons (Fsp3) is 0.357. The predicted molar refractivity (Wildman–Crippen MR) is 81.5 cm³/mol. The van der Waals surface area contributed by atoms with Crippen LogP contribution in [-0.2, 0) is 11.3 Å². The number of halogens is 1. The summed E-state index contributed by atoms with van der Waals surface area (Å²) in [6.45, 7) is 5.88. The van der Waals surface area contributed by atoms with E-state index in [1.807, 2.05) is 44.4 Å². The summed E-state index contributed by atoms with van der Waals surface area (Å²) in [5.41, 5.74) is 6.76. The van der Waals surface area contributed by atoms with Gasteiger partial charge in [-0.2, -0.15) is 0 Å². The SMILES string of the molecule is C=C(C(=O)O)C(C)N(C)C.Cl.NCc1ccccc1. The molecule has 0 saturated carbocycles. The maximum Gasteiger partial charge on any atom is 0.332 e. The third kappa shape index (κ3) is 8.37. The molecule has 0 aliphatic rings. The predicted octanol–water partition coefficient (Wildman–Crippen LogP) is 2.14. The molecular formula is C14H23ClN2O2. The average molecular weight is 287 g/mol. The first kappa shape index (κ1) is 20.0. The van der Waals surface area contributed by atoms with Gasteiger partial charge in [-0.1, -0.05) is 36.9 Å². The van der Waals surface area contributed by atoms with Crippen molar-refractivity contribution in [3.05, 3.63) is 48.0 Å². The Labute approximate surface area is 121 Å². The minimum absolute atomic E-state index is 0. The molecule has 1 unspecified atom stereocenters. The van der Waals surface area contributed by atoms with E-state index in [4.69, 9.17) is 10.8 Å². The summed E-state index contributed by atoms with van der Waals surface area (Å²) in [6, 6.07) is 9.89. The van der Waals surface area contributed by atoms with Crippen LogP contribution in [0.25, 0.3) is 0 Å². The molecule has 1 aromatic carbocycles. The lowest BCUT2D eigenvalue weighted by Gasteiger charge is -2.18. The number of rotatable bonds is 4. The quantitative estimate of drug-likeness (QED) is 0.832. The lowest BCUT2D eigenvalue weighted by molar-refractivity contribution is -0.133. The van der Waals surface area contributed by atoms with Crippen molar-refractivity contribution in [2.45, 2.75) is 19.5 Å². The molecule has 0 spiro atoms. The van der Waals surface area contributed by atoms with Gasteiger partial charge in [-0.05, 0) is 26.6 Å². The normalized spacial score (nSPS) is 10.8. The Bertz CT molecular complexity index is 380. The zero-order chi connectivity index (χ0) is 14.1. The lowest BCUT2D eigenvalue weighted by atomic mass is 10.1. The molecule has 4 nitrogen and oxygen atoms in total. The Morgan fingerprint density at radius 3 is 2.05 bits per heavy atom. The van der Waals surface area contributed by atoms with Gasteiger partial charge >= 0.3 is 5.97 Å². The van der Waals surface area contributed by atoms with E-state index in [2.05, 4.69) is 6.58 Å².